The fourth-order valence-corrected chi connectivity index (χ4v) is 4.55. The Bertz CT molecular complexity index is 1530. The number of hydrogen-bond acceptors (Lipinski definition) is 7. The minimum absolute atomic E-state index is 0.0596. The van der Waals surface area contributed by atoms with Crippen LogP contribution in [0.1, 0.15) is 4.79 Å². The largest absolute Gasteiger partial charge is 0.463 e. The second-order valence-electron chi connectivity index (χ2n) is 7.30. The summed E-state index contributed by atoms with van der Waals surface area (Å²) in [5.74, 6) is 1.18. The third-order valence-electron chi connectivity index (χ3n) is 5.33. The third kappa shape index (κ3) is 3.41. The van der Waals surface area contributed by atoms with E-state index < -0.39 is 0 Å². The summed E-state index contributed by atoms with van der Waals surface area (Å²) in [6.45, 7) is 0. The Morgan fingerprint density at radius 2 is 1.36 bits per heavy atom. The standard InChI is InChI=1S/C25H16N4O3S/c30-22(29-18-9-3-1-7-16(18)17-8-2-4-10-19(17)29)15-33-25-26-23(20-11-5-13-31-20)24(27-28-25)21-12-6-14-32-21/h1-14H,15H2. The van der Waals surface area contributed by atoms with Crippen LogP contribution in [0.2, 0.25) is 0 Å². The van der Waals surface area contributed by atoms with E-state index in [-0.39, 0.29) is 11.7 Å². The van der Waals surface area contributed by atoms with Crippen LogP contribution in [0.3, 0.4) is 0 Å². The van der Waals surface area contributed by atoms with E-state index in [1.54, 1.807) is 41.4 Å². The molecular weight excluding hydrogens is 436 g/mol. The zero-order chi connectivity index (χ0) is 22.2. The molecule has 0 radical (unpaired) electrons. The van der Waals surface area contributed by atoms with Crippen LogP contribution in [-0.4, -0.2) is 31.4 Å². The Balaban J connectivity index is 1.34. The van der Waals surface area contributed by atoms with Crippen LogP contribution in [0.25, 0.3) is 44.7 Å². The molecule has 8 heteroatoms. The van der Waals surface area contributed by atoms with E-state index in [2.05, 4.69) is 15.2 Å². The number of para-hydroxylation sites is 2. The number of fused-ring (bicyclic) bond motifs is 3. The van der Waals surface area contributed by atoms with Gasteiger partial charge in [-0.25, -0.2) is 4.98 Å². The SMILES string of the molecule is O=C(CSc1nnc(-c2ccco2)c(-c2ccco2)n1)n1c2ccccc2c2ccccc21. The van der Waals surface area contributed by atoms with Crippen LogP contribution in [0, 0.1) is 0 Å². The predicted octanol–water partition coefficient (Wildman–Crippen LogP) is 5.93. The first-order chi connectivity index (χ1) is 16.3. The van der Waals surface area contributed by atoms with E-state index in [4.69, 9.17) is 8.83 Å². The van der Waals surface area contributed by atoms with Gasteiger partial charge < -0.3 is 8.83 Å². The normalized spacial score (nSPS) is 11.4. The van der Waals surface area contributed by atoms with Gasteiger partial charge in [0, 0.05) is 10.8 Å². The van der Waals surface area contributed by atoms with Crippen molar-refractivity contribution in [1.82, 2.24) is 19.7 Å². The van der Waals surface area contributed by atoms with E-state index in [1.165, 1.54) is 11.8 Å². The third-order valence-corrected chi connectivity index (χ3v) is 6.15. The number of nitrogens with zero attached hydrogens (tertiary/aromatic N) is 4. The number of aromatic nitrogens is 4. The number of furan rings is 2. The van der Waals surface area contributed by atoms with Crippen LogP contribution in [0.5, 0.6) is 0 Å². The molecule has 0 aliphatic heterocycles. The molecule has 0 aliphatic rings. The molecule has 4 aromatic heterocycles. The molecule has 0 saturated carbocycles. The fraction of sp³-hybridized carbons (Fsp3) is 0.0400. The van der Waals surface area contributed by atoms with Gasteiger partial charge in [-0.2, -0.15) is 0 Å². The van der Waals surface area contributed by atoms with Gasteiger partial charge in [0.15, 0.2) is 17.2 Å². The fourth-order valence-electron chi connectivity index (χ4n) is 3.92. The molecule has 0 fully saturated rings. The first kappa shape index (κ1) is 19.5. The molecule has 0 saturated heterocycles. The highest BCUT2D eigenvalue weighted by Gasteiger charge is 2.20. The van der Waals surface area contributed by atoms with Gasteiger partial charge in [0.2, 0.25) is 11.1 Å². The summed E-state index contributed by atoms with van der Waals surface area (Å²) in [7, 11) is 0. The maximum Gasteiger partial charge on any atom is 0.242 e. The lowest BCUT2D eigenvalue weighted by Crippen LogP contribution is -2.13. The van der Waals surface area contributed by atoms with Crippen molar-refractivity contribution in [2.24, 2.45) is 0 Å². The number of benzene rings is 2. The van der Waals surface area contributed by atoms with Gasteiger partial charge in [0.1, 0.15) is 5.69 Å². The van der Waals surface area contributed by atoms with Gasteiger partial charge in [-0.15, -0.1) is 10.2 Å². The summed E-state index contributed by atoms with van der Waals surface area (Å²) >= 11 is 1.23. The maximum absolute atomic E-state index is 13.3. The number of hydrogen-bond donors (Lipinski definition) is 0. The van der Waals surface area contributed by atoms with Gasteiger partial charge in [-0.05, 0) is 36.4 Å². The van der Waals surface area contributed by atoms with Gasteiger partial charge in [-0.1, -0.05) is 48.2 Å². The Hall–Kier alpha value is -4.17. The topological polar surface area (TPSA) is 86.9 Å². The number of carbonyl (C=O) groups is 1. The Kier molecular flexibility index (Phi) is 4.77. The average molecular weight is 452 g/mol. The van der Waals surface area contributed by atoms with E-state index in [1.807, 2.05) is 48.5 Å². The average Bonchev–Trinajstić information content (AvgIpc) is 3.63. The molecule has 7 nitrogen and oxygen atoms in total. The second-order valence-corrected chi connectivity index (χ2v) is 8.24. The molecule has 0 spiro atoms. The molecule has 160 valence electrons. The Morgan fingerprint density at radius 1 is 0.758 bits per heavy atom. The summed E-state index contributed by atoms with van der Waals surface area (Å²) in [5.41, 5.74) is 2.75. The molecular formula is C25H16N4O3S. The Labute approximate surface area is 192 Å². The number of carbonyl (C=O) groups excluding carboxylic acids is 1. The lowest BCUT2D eigenvalue weighted by atomic mass is 10.2. The summed E-state index contributed by atoms with van der Waals surface area (Å²) < 4.78 is 12.8. The van der Waals surface area contributed by atoms with Crippen LogP contribution in [0.15, 0.2) is 99.3 Å². The summed E-state index contributed by atoms with van der Waals surface area (Å²) in [4.78, 5) is 17.9. The van der Waals surface area contributed by atoms with Crippen LogP contribution < -0.4 is 0 Å². The molecule has 0 bridgehead atoms. The summed E-state index contributed by atoms with van der Waals surface area (Å²) in [6.07, 6.45) is 3.14. The van der Waals surface area contributed by atoms with Crippen LogP contribution in [-0.2, 0) is 0 Å². The zero-order valence-corrected chi connectivity index (χ0v) is 18.0. The molecule has 0 atom stereocenters. The van der Waals surface area contributed by atoms with Gasteiger partial charge >= 0.3 is 0 Å². The Morgan fingerprint density at radius 3 is 1.97 bits per heavy atom. The molecule has 0 aliphatic carbocycles. The van der Waals surface area contributed by atoms with Gasteiger partial charge in [0.05, 0.1) is 29.3 Å². The quantitative estimate of drug-likeness (QED) is 0.300. The van der Waals surface area contributed by atoms with Crippen molar-refractivity contribution >= 4 is 39.5 Å². The zero-order valence-electron chi connectivity index (χ0n) is 17.2. The molecule has 6 rings (SSSR count). The summed E-state index contributed by atoms with van der Waals surface area (Å²) in [5, 5.41) is 11.0. The molecule has 2 aromatic carbocycles. The van der Waals surface area contributed by atoms with Crippen LogP contribution >= 0.6 is 11.8 Å². The van der Waals surface area contributed by atoms with Crippen molar-refractivity contribution in [3.05, 3.63) is 85.3 Å². The lowest BCUT2D eigenvalue weighted by Gasteiger charge is -2.07. The lowest BCUT2D eigenvalue weighted by molar-refractivity contribution is 0.0951. The van der Waals surface area contributed by atoms with Gasteiger partial charge in [0.25, 0.3) is 0 Å². The highest BCUT2D eigenvalue weighted by Crippen LogP contribution is 2.32. The monoisotopic (exact) mass is 452 g/mol. The maximum atomic E-state index is 13.3. The number of rotatable bonds is 5. The molecule has 4 heterocycles. The molecule has 6 aromatic rings. The summed E-state index contributed by atoms with van der Waals surface area (Å²) in [6, 6.07) is 23.0. The van der Waals surface area contributed by atoms with E-state index in [0.29, 0.717) is 28.1 Å². The van der Waals surface area contributed by atoms with Crippen molar-refractivity contribution < 1.29 is 13.6 Å². The molecule has 0 amide bonds. The number of thioether (sulfide) groups is 1. The minimum Gasteiger partial charge on any atom is -0.463 e. The second kappa shape index (κ2) is 8.07. The minimum atomic E-state index is -0.0596. The van der Waals surface area contributed by atoms with Crippen LogP contribution in [0.4, 0.5) is 0 Å². The smallest absolute Gasteiger partial charge is 0.242 e. The van der Waals surface area contributed by atoms with E-state index in [9.17, 15) is 4.79 Å². The predicted molar refractivity (Wildman–Crippen MR) is 126 cm³/mol. The van der Waals surface area contributed by atoms with Gasteiger partial charge in [-0.3, -0.25) is 9.36 Å². The van der Waals surface area contributed by atoms with Crippen molar-refractivity contribution in [2.75, 3.05) is 5.75 Å². The first-order valence-electron chi connectivity index (χ1n) is 10.3. The van der Waals surface area contributed by atoms with E-state index in [0.717, 1.165) is 21.8 Å². The molecule has 0 unspecified atom stereocenters. The van der Waals surface area contributed by atoms with Crippen molar-refractivity contribution in [1.29, 1.82) is 0 Å². The van der Waals surface area contributed by atoms with Crippen molar-refractivity contribution in [3.8, 4) is 22.9 Å². The molecule has 0 N–H and O–H groups in total. The van der Waals surface area contributed by atoms with E-state index >= 15 is 0 Å². The molecule has 33 heavy (non-hydrogen) atoms. The van der Waals surface area contributed by atoms with Crippen molar-refractivity contribution in [2.45, 2.75) is 5.16 Å². The first-order valence-corrected chi connectivity index (χ1v) is 11.2. The highest BCUT2D eigenvalue weighted by molar-refractivity contribution is 7.99. The van der Waals surface area contributed by atoms with Crippen molar-refractivity contribution in [3.63, 3.8) is 0 Å². The highest BCUT2D eigenvalue weighted by atomic mass is 32.2.